The number of hydrogen-bond donors (Lipinski definition) is 2. The summed E-state index contributed by atoms with van der Waals surface area (Å²) in [7, 11) is 0. The van der Waals surface area contributed by atoms with Crippen LogP contribution < -0.4 is 0 Å². The maximum Gasteiger partial charge on any atom is 0.318 e. The molecule has 0 heterocycles. The Bertz CT molecular complexity index is 138. The fourth-order valence-electron chi connectivity index (χ4n) is 0.0720. The van der Waals surface area contributed by atoms with E-state index < -0.39 is 22.3 Å². The van der Waals surface area contributed by atoms with Crippen molar-refractivity contribution in [2.75, 3.05) is 0 Å². The van der Waals surface area contributed by atoms with Crippen LogP contribution >= 0.6 is 0 Å². The van der Waals surface area contributed by atoms with Gasteiger partial charge in [-0.25, -0.2) is 4.21 Å². The predicted octanol–water partition coefficient (Wildman–Crippen LogP) is 0.832. The highest BCUT2D eigenvalue weighted by Gasteiger charge is 2.09. The molecular formula is C2H2F2O3S. The van der Waals surface area contributed by atoms with Gasteiger partial charge in [-0.15, -0.1) is 0 Å². The van der Waals surface area contributed by atoms with Crippen molar-refractivity contribution in [1.82, 2.24) is 0 Å². The Morgan fingerprint density at radius 2 is 1.88 bits per heavy atom. The van der Waals surface area contributed by atoms with Gasteiger partial charge >= 0.3 is 6.01 Å². The highest BCUT2D eigenvalue weighted by Crippen LogP contribution is 2.06. The zero-order chi connectivity index (χ0) is 6.73. The van der Waals surface area contributed by atoms with Crippen LogP contribution in [0.5, 0.6) is 0 Å². The summed E-state index contributed by atoms with van der Waals surface area (Å²) < 4.78 is 39.5. The van der Waals surface area contributed by atoms with Crippen LogP contribution in [0.1, 0.15) is 0 Å². The van der Waals surface area contributed by atoms with Crippen LogP contribution in [0.25, 0.3) is 0 Å². The SMILES string of the molecule is O=S(O)C(F)=C(O)F. The van der Waals surface area contributed by atoms with E-state index in [2.05, 4.69) is 0 Å². The van der Waals surface area contributed by atoms with Crippen molar-refractivity contribution in [3.63, 3.8) is 0 Å². The van der Waals surface area contributed by atoms with Gasteiger partial charge in [0.1, 0.15) is 0 Å². The summed E-state index contributed by atoms with van der Waals surface area (Å²) in [6.07, 6.45) is 0. The van der Waals surface area contributed by atoms with Crippen LogP contribution in [-0.4, -0.2) is 13.9 Å². The van der Waals surface area contributed by atoms with Crippen LogP contribution in [0.3, 0.4) is 0 Å². The van der Waals surface area contributed by atoms with Crippen molar-refractivity contribution in [3.05, 3.63) is 11.2 Å². The quantitative estimate of drug-likeness (QED) is 0.423. The molecule has 0 saturated heterocycles. The molecule has 2 N–H and O–H groups in total. The fourth-order valence-corrected chi connectivity index (χ4v) is 0.216. The number of hydrogen-bond acceptors (Lipinski definition) is 2. The summed E-state index contributed by atoms with van der Waals surface area (Å²) in [5.74, 6) is 0. The average molecular weight is 144 g/mol. The van der Waals surface area contributed by atoms with Crippen LogP contribution in [0.2, 0.25) is 0 Å². The minimum absolute atomic E-state index is 2.06. The number of aliphatic hydroxyl groups excluding tert-OH is 1. The van der Waals surface area contributed by atoms with Gasteiger partial charge in [0, 0.05) is 0 Å². The first-order valence-corrected chi connectivity index (χ1v) is 2.51. The van der Waals surface area contributed by atoms with Gasteiger partial charge in [-0.05, 0) is 0 Å². The van der Waals surface area contributed by atoms with Gasteiger partial charge in [-0.2, -0.15) is 8.78 Å². The lowest BCUT2D eigenvalue weighted by atomic mass is 11.0. The molecule has 0 radical (unpaired) electrons. The van der Waals surface area contributed by atoms with Gasteiger partial charge in [0.15, 0.2) is 0 Å². The molecule has 0 aromatic rings. The maximum absolute atomic E-state index is 11.4. The van der Waals surface area contributed by atoms with Gasteiger partial charge in [0.05, 0.1) is 0 Å². The second-order valence-electron chi connectivity index (χ2n) is 0.814. The van der Waals surface area contributed by atoms with Crippen molar-refractivity contribution >= 4 is 11.1 Å². The van der Waals surface area contributed by atoms with Crippen LogP contribution in [-0.2, 0) is 11.1 Å². The van der Waals surface area contributed by atoms with Gasteiger partial charge in [-0.1, -0.05) is 0 Å². The van der Waals surface area contributed by atoms with Gasteiger partial charge in [0.25, 0.3) is 5.16 Å². The number of halogens is 2. The molecule has 0 aromatic carbocycles. The molecule has 3 nitrogen and oxygen atoms in total. The van der Waals surface area contributed by atoms with E-state index in [-0.39, 0.29) is 0 Å². The third-order valence-corrected chi connectivity index (χ3v) is 0.791. The Hall–Kier alpha value is -0.490. The molecule has 0 spiro atoms. The molecule has 0 amide bonds. The molecule has 0 rings (SSSR count). The molecule has 0 aliphatic carbocycles. The lowest BCUT2D eigenvalue weighted by molar-refractivity contribution is 0.266. The molecule has 1 unspecified atom stereocenters. The third-order valence-electron chi connectivity index (χ3n) is 0.316. The Morgan fingerprint density at radius 3 is 1.88 bits per heavy atom. The predicted molar refractivity (Wildman–Crippen MR) is 22.6 cm³/mol. The first kappa shape index (κ1) is 7.51. The third kappa shape index (κ3) is 1.99. The Morgan fingerprint density at radius 1 is 1.50 bits per heavy atom. The minimum atomic E-state index is -3.05. The molecule has 6 heteroatoms. The summed E-state index contributed by atoms with van der Waals surface area (Å²) in [6, 6.07) is -2.26. The molecular weight excluding hydrogens is 142 g/mol. The maximum atomic E-state index is 11.4. The second kappa shape index (κ2) is 2.73. The van der Waals surface area contributed by atoms with E-state index in [1.165, 1.54) is 0 Å². The zero-order valence-electron chi connectivity index (χ0n) is 3.47. The molecule has 0 bridgehead atoms. The van der Waals surface area contributed by atoms with Gasteiger partial charge < -0.3 is 9.66 Å². The van der Waals surface area contributed by atoms with Crippen molar-refractivity contribution in [1.29, 1.82) is 0 Å². The van der Waals surface area contributed by atoms with Crippen LogP contribution in [0.15, 0.2) is 11.2 Å². The first-order valence-electron chi connectivity index (χ1n) is 1.40. The molecule has 0 aliphatic rings. The number of rotatable bonds is 1. The minimum Gasteiger partial charge on any atom is -0.484 e. The van der Waals surface area contributed by atoms with Crippen LogP contribution in [0.4, 0.5) is 8.78 Å². The smallest absolute Gasteiger partial charge is 0.318 e. The van der Waals surface area contributed by atoms with Crippen molar-refractivity contribution in [2.45, 2.75) is 0 Å². The topological polar surface area (TPSA) is 57.5 Å². The van der Waals surface area contributed by atoms with Gasteiger partial charge in [0.2, 0.25) is 11.1 Å². The Kier molecular flexibility index (Phi) is 2.56. The van der Waals surface area contributed by atoms with E-state index in [1.54, 1.807) is 0 Å². The van der Waals surface area contributed by atoms with Gasteiger partial charge in [-0.3, -0.25) is 0 Å². The standard InChI is InChI=1S/C2H2F2O3S/c3-1(5)2(4)8(6)7/h5H,(H,6,7). The van der Waals surface area contributed by atoms with Crippen LogP contribution in [0, 0.1) is 0 Å². The van der Waals surface area contributed by atoms with Crippen molar-refractivity contribution in [3.8, 4) is 0 Å². The van der Waals surface area contributed by atoms with E-state index in [0.29, 0.717) is 0 Å². The highest BCUT2D eigenvalue weighted by atomic mass is 32.2. The average Bonchev–Trinajstić information content (AvgIpc) is 1.64. The largest absolute Gasteiger partial charge is 0.484 e. The molecule has 8 heavy (non-hydrogen) atoms. The Labute approximate surface area is 45.9 Å². The van der Waals surface area contributed by atoms with E-state index >= 15 is 0 Å². The molecule has 48 valence electrons. The molecule has 0 aliphatic heterocycles. The van der Waals surface area contributed by atoms with Crippen molar-refractivity contribution in [2.24, 2.45) is 0 Å². The fraction of sp³-hybridized carbons (Fsp3) is 0. The van der Waals surface area contributed by atoms with E-state index in [9.17, 15) is 13.0 Å². The molecule has 1 atom stereocenters. The van der Waals surface area contributed by atoms with Crippen molar-refractivity contribution < 1.29 is 22.6 Å². The second-order valence-corrected chi connectivity index (χ2v) is 1.67. The lowest BCUT2D eigenvalue weighted by Gasteiger charge is -1.84. The normalized spacial score (nSPS) is 17.4. The Balaban J connectivity index is 4.23. The zero-order valence-corrected chi connectivity index (χ0v) is 4.28. The molecule has 0 fully saturated rings. The molecule has 0 aromatic heterocycles. The van der Waals surface area contributed by atoms with E-state index in [1.807, 2.05) is 0 Å². The van der Waals surface area contributed by atoms with E-state index in [4.69, 9.17) is 9.66 Å². The van der Waals surface area contributed by atoms with E-state index in [0.717, 1.165) is 0 Å². The summed E-state index contributed by atoms with van der Waals surface area (Å²) in [5.41, 5.74) is 0. The first-order chi connectivity index (χ1) is 3.55. The summed E-state index contributed by atoms with van der Waals surface area (Å²) in [6.45, 7) is 0. The monoisotopic (exact) mass is 144 g/mol. The number of aliphatic hydroxyl groups is 1. The summed E-state index contributed by atoms with van der Waals surface area (Å²) >= 11 is -3.05. The molecule has 0 saturated carbocycles. The highest BCUT2D eigenvalue weighted by molar-refractivity contribution is 7.83. The summed E-state index contributed by atoms with van der Waals surface area (Å²) in [5, 5.41) is 5.41. The summed E-state index contributed by atoms with van der Waals surface area (Å²) in [4.78, 5) is 0. The lowest BCUT2D eigenvalue weighted by Crippen LogP contribution is -1.88.